The fourth-order valence-corrected chi connectivity index (χ4v) is 3.02. The Morgan fingerprint density at radius 2 is 1.82 bits per heavy atom. The molecule has 0 saturated heterocycles. The van der Waals surface area contributed by atoms with E-state index in [-0.39, 0.29) is 11.6 Å². The van der Waals surface area contributed by atoms with Gasteiger partial charge in [0.15, 0.2) is 0 Å². The summed E-state index contributed by atoms with van der Waals surface area (Å²) in [5.74, 6) is 1.63. The Hall–Kier alpha value is -0.770. The van der Waals surface area contributed by atoms with Crippen LogP contribution in [0.1, 0.15) is 67.7 Å². The van der Waals surface area contributed by atoms with Crippen molar-refractivity contribution in [3.63, 3.8) is 0 Å². The van der Waals surface area contributed by atoms with E-state index < -0.39 is 5.60 Å². The molecular formula is C18H36N2O2. The first-order valence-electron chi connectivity index (χ1n) is 8.72. The Balaban J connectivity index is 2.43. The highest BCUT2D eigenvalue weighted by Gasteiger charge is 2.30. The lowest BCUT2D eigenvalue weighted by molar-refractivity contribution is 0.00658. The molecule has 4 heteroatoms. The molecule has 1 N–H and O–H groups in total. The summed E-state index contributed by atoms with van der Waals surface area (Å²) in [7, 11) is 0. The molecule has 0 spiro atoms. The second kappa shape index (κ2) is 7.67. The Labute approximate surface area is 137 Å². The van der Waals surface area contributed by atoms with Gasteiger partial charge in [0.2, 0.25) is 0 Å². The van der Waals surface area contributed by atoms with Crippen molar-refractivity contribution in [3.05, 3.63) is 0 Å². The standard InChI is InChI=1S/C18H36N2O2/c1-14-9-8-10-15(14)13-19-11-12-20(17(2,3)4)16(21)22-18(5,6)7/h14-15,19H,8-13H2,1-7H3. The van der Waals surface area contributed by atoms with Gasteiger partial charge in [0.05, 0.1) is 0 Å². The molecule has 1 fully saturated rings. The van der Waals surface area contributed by atoms with Gasteiger partial charge in [0.1, 0.15) is 5.60 Å². The molecule has 4 nitrogen and oxygen atoms in total. The fraction of sp³-hybridized carbons (Fsp3) is 0.944. The lowest BCUT2D eigenvalue weighted by Crippen LogP contribution is -2.50. The molecule has 0 aromatic rings. The minimum absolute atomic E-state index is 0.226. The number of hydrogen-bond acceptors (Lipinski definition) is 3. The molecule has 2 unspecified atom stereocenters. The van der Waals surface area contributed by atoms with Crippen LogP contribution in [0.4, 0.5) is 4.79 Å². The van der Waals surface area contributed by atoms with E-state index in [0.717, 1.165) is 24.9 Å². The summed E-state index contributed by atoms with van der Waals surface area (Å²) in [6.07, 6.45) is 3.83. The molecule has 2 atom stereocenters. The van der Waals surface area contributed by atoms with Crippen LogP contribution in [0.2, 0.25) is 0 Å². The molecule has 22 heavy (non-hydrogen) atoms. The molecule has 1 aliphatic carbocycles. The highest BCUT2D eigenvalue weighted by atomic mass is 16.6. The summed E-state index contributed by atoms with van der Waals surface area (Å²) in [6.45, 7) is 16.8. The van der Waals surface area contributed by atoms with Gasteiger partial charge in [-0.05, 0) is 66.3 Å². The van der Waals surface area contributed by atoms with Gasteiger partial charge in [-0.2, -0.15) is 0 Å². The number of hydrogen-bond donors (Lipinski definition) is 1. The number of amides is 1. The van der Waals surface area contributed by atoms with Crippen LogP contribution in [-0.2, 0) is 4.74 Å². The molecule has 130 valence electrons. The van der Waals surface area contributed by atoms with Crippen LogP contribution in [-0.4, -0.2) is 41.8 Å². The van der Waals surface area contributed by atoms with E-state index in [1.165, 1.54) is 19.3 Å². The normalized spacial score (nSPS) is 22.7. The summed E-state index contributed by atoms with van der Waals surface area (Å²) in [5.41, 5.74) is -0.683. The zero-order valence-electron chi connectivity index (χ0n) is 15.7. The molecule has 1 aliphatic rings. The van der Waals surface area contributed by atoms with Gasteiger partial charge < -0.3 is 15.0 Å². The molecule has 0 bridgehead atoms. The van der Waals surface area contributed by atoms with Crippen LogP contribution in [0.5, 0.6) is 0 Å². The monoisotopic (exact) mass is 312 g/mol. The predicted molar refractivity (Wildman–Crippen MR) is 92.1 cm³/mol. The van der Waals surface area contributed by atoms with Crippen LogP contribution in [0.25, 0.3) is 0 Å². The number of carbonyl (C=O) groups excluding carboxylic acids is 1. The van der Waals surface area contributed by atoms with Crippen molar-refractivity contribution < 1.29 is 9.53 Å². The smallest absolute Gasteiger partial charge is 0.410 e. The topological polar surface area (TPSA) is 41.6 Å². The minimum atomic E-state index is -0.451. The first-order chi connectivity index (χ1) is 10.0. The van der Waals surface area contributed by atoms with Crippen molar-refractivity contribution >= 4 is 6.09 Å². The van der Waals surface area contributed by atoms with E-state index >= 15 is 0 Å². The zero-order valence-corrected chi connectivity index (χ0v) is 15.7. The van der Waals surface area contributed by atoms with Crippen molar-refractivity contribution in [1.82, 2.24) is 10.2 Å². The Bertz CT molecular complexity index is 355. The summed E-state index contributed by atoms with van der Waals surface area (Å²) >= 11 is 0. The number of nitrogens with zero attached hydrogens (tertiary/aromatic N) is 1. The molecule has 0 heterocycles. The summed E-state index contributed by atoms with van der Waals surface area (Å²) < 4.78 is 5.53. The van der Waals surface area contributed by atoms with Crippen LogP contribution in [0.3, 0.4) is 0 Å². The van der Waals surface area contributed by atoms with Crippen LogP contribution in [0.15, 0.2) is 0 Å². The molecule has 0 radical (unpaired) electrons. The molecule has 0 aromatic carbocycles. The maximum Gasteiger partial charge on any atom is 0.410 e. The molecule has 0 aromatic heterocycles. The van der Waals surface area contributed by atoms with Crippen molar-refractivity contribution in [2.45, 2.75) is 78.9 Å². The fourth-order valence-electron chi connectivity index (χ4n) is 3.02. The van der Waals surface area contributed by atoms with E-state index in [1.54, 1.807) is 0 Å². The van der Waals surface area contributed by atoms with E-state index in [0.29, 0.717) is 6.54 Å². The van der Waals surface area contributed by atoms with Gasteiger partial charge in [-0.1, -0.05) is 19.8 Å². The first kappa shape index (κ1) is 19.3. The highest BCUT2D eigenvalue weighted by Crippen LogP contribution is 2.30. The quantitative estimate of drug-likeness (QED) is 0.779. The van der Waals surface area contributed by atoms with Gasteiger partial charge in [-0.25, -0.2) is 4.79 Å². The Kier molecular flexibility index (Phi) is 6.72. The van der Waals surface area contributed by atoms with Crippen LogP contribution < -0.4 is 5.32 Å². The molecular weight excluding hydrogens is 276 g/mol. The first-order valence-corrected chi connectivity index (χ1v) is 8.72. The van der Waals surface area contributed by atoms with Crippen molar-refractivity contribution in [2.75, 3.05) is 19.6 Å². The van der Waals surface area contributed by atoms with Gasteiger partial charge in [-0.15, -0.1) is 0 Å². The van der Waals surface area contributed by atoms with E-state index in [1.807, 2.05) is 25.7 Å². The minimum Gasteiger partial charge on any atom is -0.444 e. The molecule has 1 rings (SSSR count). The van der Waals surface area contributed by atoms with Crippen molar-refractivity contribution in [2.24, 2.45) is 11.8 Å². The predicted octanol–water partition coefficient (Wildman–Crippen LogP) is 4.05. The molecule has 1 saturated carbocycles. The lowest BCUT2D eigenvalue weighted by atomic mass is 9.98. The van der Waals surface area contributed by atoms with Crippen LogP contribution in [0, 0.1) is 11.8 Å². The Morgan fingerprint density at radius 3 is 2.27 bits per heavy atom. The third-order valence-corrected chi connectivity index (χ3v) is 4.38. The largest absolute Gasteiger partial charge is 0.444 e. The summed E-state index contributed by atoms with van der Waals surface area (Å²) in [5, 5.41) is 3.53. The molecule has 1 amide bonds. The second-order valence-corrected chi connectivity index (χ2v) is 8.68. The molecule has 0 aliphatic heterocycles. The summed E-state index contributed by atoms with van der Waals surface area (Å²) in [4.78, 5) is 14.2. The average molecular weight is 312 g/mol. The number of rotatable bonds is 5. The van der Waals surface area contributed by atoms with Gasteiger partial charge >= 0.3 is 6.09 Å². The number of nitrogens with one attached hydrogen (secondary N) is 1. The van der Waals surface area contributed by atoms with Crippen LogP contribution >= 0.6 is 0 Å². The van der Waals surface area contributed by atoms with Gasteiger partial charge in [0, 0.05) is 18.6 Å². The third-order valence-electron chi connectivity index (χ3n) is 4.38. The van der Waals surface area contributed by atoms with Gasteiger partial charge in [0.25, 0.3) is 0 Å². The second-order valence-electron chi connectivity index (χ2n) is 8.68. The summed E-state index contributed by atoms with van der Waals surface area (Å²) in [6, 6.07) is 0. The van der Waals surface area contributed by atoms with E-state index in [4.69, 9.17) is 4.74 Å². The average Bonchev–Trinajstić information content (AvgIpc) is 2.70. The van der Waals surface area contributed by atoms with Crippen molar-refractivity contribution in [3.8, 4) is 0 Å². The lowest BCUT2D eigenvalue weighted by Gasteiger charge is -2.37. The number of ether oxygens (including phenoxy) is 1. The number of carbonyl (C=O) groups is 1. The van der Waals surface area contributed by atoms with Crippen molar-refractivity contribution in [1.29, 1.82) is 0 Å². The van der Waals surface area contributed by atoms with Gasteiger partial charge in [-0.3, -0.25) is 0 Å². The van der Waals surface area contributed by atoms with E-state index in [9.17, 15) is 4.79 Å². The third kappa shape index (κ3) is 6.55. The maximum atomic E-state index is 12.4. The highest BCUT2D eigenvalue weighted by molar-refractivity contribution is 5.69. The Morgan fingerprint density at radius 1 is 1.18 bits per heavy atom. The SMILES string of the molecule is CC1CCCC1CNCCN(C(=O)OC(C)(C)C)C(C)(C)C. The zero-order chi connectivity index (χ0) is 17.0. The maximum absolute atomic E-state index is 12.4. The van der Waals surface area contributed by atoms with E-state index in [2.05, 4.69) is 33.0 Å².